The van der Waals surface area contributed by atoms with Gasteiger partial charge in [0.2, 0.25) is 0 Å². The number of hydrogen-bond acceptors (Lipinski definition) is 2. The lowest BCUT2D eigenvalue weighted by atomic mass is 10.2. The largest absolute Gasteiger partial charge is 0.392 e. The van der Waals surface area contributed by atoms with Crippen molar-refractivity contribution < 1.29 is 5.11 Å². The van der Waals surface area contributed by atoms with Crippen LogP contribution in [0.2, 0.25) is 5.02 Å². The van der Waals surface area contributed by atoms with Gasteiger partial charge in [0, 0.05) is 44.9 Å². The Balaban J connectivity index is 1.79. The molecule has 0 radical (unpaired) electrons. The first-order chi connectivity index (χ1) is 10.3. The number of aromatic nitrogens is 1. The number of thioether (sulfide) groups is 1. The lowest BCUT2D eigenvalue weighted by Gasteiger charge is -2.05. The average molecular weight is 318 g/mol. The van der Waals surface area contributed by atoms with E-state index in [1.807, 2.05) is 42.2 Å². The summed E-state index contributed by atoms with van der Waals surface area (Å²) in [5, 5.41) is 11.3. The summed E-state index contributed by atoms with van der Waals surface area (Å²) in [4.78, 5) is 1.27. The van der Waals surface area contributed by atoms with E-state index in [-0.39, 0.29) is 6.61 Å². The van der Waals surface area contributed by atoms with Gasteiger partial charge in [0.25, 0.3) is 0 Å². The van der Waals surface area contributed by atoms with Crippen LogP contribution in [0.3, 0.4) is 0 Å². The van der Waals surface area contributed by atoms with E-state index in [9.17, 15) is 5.11 Å². The van der Waals surface area contributed by atoms with E-state index < -0.39 is 0 Å². The van der Waals surface area contributed by atoms with Crippen molar-refractivity contribution in [2.24, 2.45) is 0 Å². The molecule has 0 amide bonds. The average Bonchev–Trinajstić information content (AvgIpc) is 2.86. The summed E-state index contributed by atoms with van der Waals surface area (Å²) in [6, 6.07) is 16.2. The Kier molecular flexibility index (Phi) is 4.54. The number of hydrogen-bond donors (Lipinski definition) is 1. The lowest BCUT2D eigenvalue weighted by molar-refractivity contribution is 0.283. The first-order valence-corrected chi connectivity index (χ1v) is 8.20. The van der Waals surface area contributed by atoms with Gasteiger partial charge in [-0.05, 0) is 24.3 Å². The van der Waals surface area contributed by atoms with Crippen molar-refractivity contribution in [1.29, 1.82) is 0 Å². The summed E-state index contributed by atoms with van der Waals surface area (Å²) in [6.45, 7) is 0.938. The van der Waals surface area contributed by atoms with Crippen molar-refractivity contribution in [2.45, 2.75) is 18.0 Å². The van der Waals surface area contributed by atoms with Gasteiger partial charge in [0.15, 0.2) is 0 Å². The summed E-state index contributed by atoms with van der Waals surface area (Å²) in [5.74, 6) is 0.977. The molecule has 0 spiro atoms. The van der Waals surface area contributed by atoms with Crippen LogP contribution < -0.4 is 0 Å². The normalized spacial score (nSPS) is 11.1. The molecule has 1 aromatic heterocycles. The highest BCUT2D eigenvalue weighted by molar-refractivity contribution is 7.99. The number of rotatable bonds is 5. The van der Waals surface area contributed by atoms with Gasteiger partial charge in [-0.15, -0.1) is 11.8 Å². The molecular weight excluding hydrogens is 302 g/mol. The zero-order valence-electron chi connectivity index (χ0n) is 11.5. The fourth-order valence-electron chi connectivity index (χ4n) is 2.43. The molecule has 0 fully saturated rings. The standard InChI is InChI=1S/C17H16ClNOS/c18-14-6-7-16-13(12-20)11-19(17(16)10-14)8-9-21-15-4-2-1-3-5-15/h1-7,10-11,20H,8-9,12H2. The SMILES string of the molecule is OCc1cn(CCSc2ccccc2)c2cc(Cl)ccc12. The van der Waals surface area contributed by atoms with Crippen LogP contribution in [0.4, 0.5) is 0 Å². The smallest absolute Gasteiger partial charge is 0.0702 e. The van der Waals surface area contributed by atoms with Gasteiger partial charge < -0.3 is 9.67 Å². The van der Waals surface area contributed by atoms with Gasteiger partial charge in [-0.3, -0.25) is 0 Å². The fourth-order valence-corrected chi connectivity index (χ4v) is 3.47. The minimum atomic E-state index is 0.0525. The maximum absolute atomic E-state index is 9.47. The molecule has 3 aromatic rings. The van der Waals surface area contributed by atoms with Gasteiger partial charge in [-0.2, -0.15) is 0 Å². The first-order valence-electron chi connectivity index (χ1n) is 6.84. The molecule has 4 heteroatoms. The second kappa shape index (κ2) is 6.56. The number of aliphatic hydroxyl groups excluding tert-OH is 1. The van der Waals surface area contributed by atoms with Gasteiger partial charge in [0.1, 0.15) is 0 Å². The number of aryl methyl sites for hydroxylation is 1. The molecule has 0 unspecified atom stereocenters. The molecule has 1 heterocycles. The van der Waals surface area contributed by atoms with E-state index in [1.165, 1.54) is 4.90 Å². The second-order valence-electron chi connectivity index (χ2n) is 4.83. The van der Waals surface area contributed by atoms with Crippen LogP contribution in [-0.4, -0.2) is 15.4 Å². The third-order valence-electron chi connectivity index (χ3n) is 3.44. The van der Waals surface area contributed by atoms with Crippen LogP contribution in [0.5, 0.6) is 0 Å². The van der Waals surface area contributed by atoms with E-state index in [0.29, 0.717) is 0 Å². The molecule has 0 aliphatic heterocycles. The third kappa shape index (κ3) is 3.26. The first kappa shape index (κ1) is 14.5. The molecule has 0 bridgehead atoms. The number of nitrogens with zero attached hydrogens (tertiary/aromatic N) is 1. The number of benzene rings is 2. The summed E-state index contributed by atoms with van der Waals surface area (Å²) < 4.78 is 2.17. The zero-order valence-corrected chi connectivity index (χ0v) is 13.1. The lowest BCUT2D eigenvalue weighted by Crippen LogP contribution is -1.98. The monoisotopic (exact) mass is 317 g/mol. The van der Waals surface area contributed by atoms with Crippen LogP contribution in [-0.2, 0) is 13.2 Å². The quantitative estimate of drug-likeness (QED) is 0.697. The molecule has 1 N–H and O–H groups in total. The second-order valence-corrected chi connectivity index (χ2v) is 6.43. The summed E-state index contributed by atoms with van der Waals surface area (Å²) in [7, 11) is 0. The van der Waals surface area contributed by atoms with E-state index in [0.717, 1.165) is 33.8 Å². The van der Waals surface area contributed by atoms with Crippen molar-refractivity contribution in [2.75, 3.05) is 5.75 Å². The van der Waals surface area contributed by atoms with Crippen molar-refractivity contribution in [1.82, 2.24) is 4.57 Å². The third-order valence-corrected chi connectivity index (χ3v) is 4.67. The highest BCUT2D eigenvalue weighted by Crippen LogP contribution is 2.26. The van der Waals surface area contributed by atoms with Crippen LogP contribution in [0.1, 0.15) is 5.56 Å². The Bertz CT molecular complexity index is 739. The summed E-state index contributed by atoms with van der Waals surface area (Å²) >= 11 is 7.92. The number of halogens is 1. The zero-order chi connectivity index (χ0) is 14.7. The molecule has 2 aromatic carbocycles. The Morgan fingerprint density at radius 3 is 2.67 bits per heavy atom. The molecule has 0 atom stereocenters. The Morgan fingerprint density at radius 1 is 1.10 bits per heavy atom. The van der Waals surface area contributed by atoms with Crippen molar-refractivity contribution in [3.63, 3.8) is 0 Å². The van der Waals surface area contributed by atoms with Crippen molar-refractivity contribution >= 4 is 34.3 Å². The van der Waals surface area contributed by atoms with Crippen LogP contribution in [0, 0.1) is 0 Å². The predicted octanol–water partition coefficient (Wildman–Crippen LogP) is 4.58. The number of aliphatic hydroxyl groups is 1. The van der Waals surface area contributed by atoms with Gasteiger partial charge >= 0.3 is 0 Å². The van der Waals surface area contributed by atoms with E-state index in [2.05, 4.69) is 28.8 Å². The van der Waals surface area contributed by atoms with E-state index in [4.69, 9.17) is 11.6 Å². The molecule has 3 rings (SSSR count). The topological polar surface area (TPSA) is 25.2 Å². The molecule has 0 saturated carbocycles. The fraction of sp³-hybridized carbons (Fsp3) is 0.176. The molecule has 0 aliphatic carbocycles. The van der Waals surface area contributed by atoms with E-state index in [1.54, 1.807) is 0 Å². The van der Waals surface area contributed by atoms with Crippen molar-refractivity contribution in [3.05, 3.63) is 65.3 Å². The predicted molar refractivity (Wildman–Crippen MR) is 90.0 cm³/mol. The Hall–Kier alpha value is -1.42. The molecule has 0 aliphatic rings. The maximum Gasteiger partial charge on any atom is 0.0702 e. The highest BCUT2D eigenvalue weighted by Gasteiger charge is 2.08. The summed E-state index contributed by atoms with van der Waals surface area (Å²) in [6.07, 6.45) is 2.02. The molecule has 21 heavy (non-hydrogen) atoms. The van der Waals surface area contributed by atoms with Gasteiger partial charge in [-0.25, -0.2) is 0 Å². The summed E-state index contributed by atoms with van der Waals surface area (Å²) in [5.41, 5.74) is 2.03. The van der Waals surface area contributed by atoms with Crippen LogP contribution in [0.15, 0.2) is 59.6 Å². The molecule has 0 saturated heterocycles. The van der Waals surface area contributed by atoms with Crippen LogP contribution >= 0.6 is 23.4 Å². The van der Waals surface area contributed by atoms with Crippen molar-refractivity contribution in [3.8, 4) is 0 Å². The minimum absolute atomic E-state index is 0.0525. The van der Waals surface area contributed by atoms with E-state index >= 15 is 0 Å². The maximum atomic E-state index is 9.47. The van der Waals surface area contributed by atoms with Gasteiger partial charge in [0.05, 0.1) is 6.61 Å². The Labute approximate surface area is 133 Å². The Morgan fingerprint density at radius 2 is 1.90 bits per heavy atom. The molecular formula is C17H16ClNOS. The molecule has 2 nitrogen and oxygen atoms in total. The number of fused-ring (bicyclic) bond motifs is 1. The van der Waals surface area contributed by atoms with Gasteiger partial charge in [-0.1, -0.05) is 35.9 Å². The molecule has 108 valence electrons. The highest BCUT2D eigenvalue weighted by atomic mass is 35.5. The van der Waals surface area contributed by atoms with Crippen LogP contribution in [0.25, 0.3) is 10.9 Å². The minimum Gasteiger partial charge on any atom is -0.392 e.